The fourth-order valence-electron chi connectivity index (χ4n) is 1.55. The molecule has 0 unspecified atom stereocenters. The second-order valence-corrected chi connectivity index (χ2v) is 5.19. The van der Waals surface area contributed by atoms with Crippen LogP contribution in [0, 0.1) is 0 Å². The molecule has 4 nitrogen and oxygen atoms in total. The topological polar surface area (TPSA) is 57.8 Å². The number of amides is 1. The Balaban J connectivity index is 1.92. The normalized spacial score (nSPS) is 12.6. The zero-order valence-electron chi connectivity index (χ0n) is 10.6. The molecule has 2 N–H and O–H groups in total. The van der Waals surface area contributed by atoms with E-state index in [1.54, 1.807) is 0 Å². The van der Waals surface area contributed by atoms with Gasteiger partial charge in [0.25, 0.3) is 0 Å². The number of rotatable bonds is 5. The number of imidazole rings is 1. The summed E-state index contributed by atoms with van der Waals surface area (Å²) < 4.78 is 0. The number of carbonyl (C=O) groups is 1. The number of para-hydroxylation sites is 2. The Morgan fingerprint density at radius 1 is 1.50 bits per heavy atom. The Morgan fingerprint density at radius 2 is 2.28 bits per heavy atom. The molecule has 0 fully saturated rings. The number of benzene rings is 1. The van der Waals surface area contributed by atoms with Crippen LogP contribution in [0.2, 0.25) is 0 Å². The van der Waals surface area contributed by atoms with E-state index >= 15 is 0 Å². The molecule has 0 aliphatic rings. The molecule has 2 aromatic rings. The first-order valence-corrected chi connectivity index (χ1v) is 7.04. The molecule has 0 radical (unpaired) electrons. The summed E-state index contributed by atoms with van der Waals surface area (Å²) in [5.74, 6) is 0.444. The van der Waals surface area contributed by atoms with Crippen molar-refractivity contribution in [3.05, 3.63) is 24.3 Å². The first kappa shape index (κ1) is 13.0. The Morgan fingerprint density at radius 3 is 3.00 bits per heavy atom. The molecule has 0 saturated carbocycles. The molecule has 1 heterocycles. The average molecular weight is 263 g/mol. The molecule has 0 saturated heterocycles. The Hall–Kier alpha value is -1.49. The summed E-state index contributed by atoms with van der Waals surface area (Å²) in [6, 6.07) is 8.08. The number of carbonyl (C=O) groups excluding carboxylic acids is 1. The Kier molecular flexibility index (Phi) is 4.25. The molecule has 1 aromatic carbocycles. The fourth-order valence-corrected chi connectivity index (χ4v) is 2.25. The van der Waals surface area contributed by atoms with Crippen molar-refractivity contribution in [2.45, 2.75) is 31.5 Å². The highest BCUT2D eigenvalue weighted by molar-refractivity contribution is 7.99. The van der Waals surface area contributed by atoms with Crippen molar-refractivity contribution < 1.29 is 4.79 Å². The van der Waals surface area contributed by atoms with Gasteiger partial charge in [0.1, 0.15) is 0 Å². The first-order chi connectivity index (χ1) is 8.69. The molecule has 0 aliphatic heterocycles. The van der Waals surface area contributed by atoms with Crippen LogP contribution in [0.15, 0.2) is 29.4 Å². The molecular weight excluding hydrogens is 246 g/mol. The van der Waals surface area contributed by atoms with Crippen LogP contribution in [0.4, 0.5) is 0 Å². The Bertz CT molecular complexity index is 505. The smallest absolute Gasteiger partial charge is 0.230 e. The summed E-state index contributed by atoms with van der Waals surface area (Å²) in [7, 11) is 0. The fraction of sp³-hybridized carbons (Fsp3) is 0.385. The number of hydrogen-bond acceptors (Lipinski definition) is 3. The zero-order chi connectivity index (χ0) is 13.0. The van der Waals surface area contributed by atoms with Gasteiger partial charge in [-0.2, -0.15) is 0 Å². The van der Waals surface area contributed by atoms with Gasteiger partial charge in [-0.1, -0.05) is 30.8 Å². The number of aromatic amines is 1. The number of hydrogen-bond donors (Lipinski definition) is 2. The van der Waals surface area contributed by atoms with E-state index < -0.39 is 0 Å². The molecule has 1 amide bonds. The van der Waals surface area contributed by atoms with Gasteiger partial charge in [0.15, 0.2) is 5.16 Å². The maximum absolute atomic E-state index is 11.6. The molecule has 0 spiro atoms. The minimum absolute atomic E-state index is 0.0507. The van der Waals surface area contributed by atoms with Gasteiger partial charge in [-0.05, 0) is 25.5 Å². The monoisotopic (exact) mass is 263 g/mol. The summed E-state index contributed by atoms with van der Waals surface area (Å²) in [5.41, 5.74) is 1.93. The van der Waals surface area contributed by atoms with Gasteiger partial charge < -0.3 is 10.3 Å². The summed E-state index contributed by atoms with van der Waals surface area (Å²) >= 11 is 1.43. The lowest BCUT2D eigenvalue weighted by Gasteiger charge is -2.10. The maximum atomic E-state index is 11.6. The van der Waals surface area contributed by atoms with E-state index in [0.717, 1.165) is 22.6 Å². The van der Waals surface area contributed by atoms with E-state index in [-0.39, 0.29) is 11.9 Å². The van der Waals surface area contributed by atoms with E-state index in [2.05, 4.69) is 22.2 Å². The van der Waals surface area contributed by atoms with Crippen LogP contribution >= 0.6 is 11.8 Å². The van der Waals surface area contributed by atoms with E-state index in [1.807, 2.05) is 31.2 Å². The van der Waals surface area contributed by atoms with Gasteiger partial charge in [0, 0.05) is 6.04 Å². The second kappa shape index (κ2) is 5.91. The van der Waals surface area contributed by atoms with Crippen molar-refractivity contribution in [3.8, 4) is 0 Å². The van der Waals surface area contributed by atoms with Crippen molar-refractivity contribution >= 4 is 28.7 Å². The van der Waals surface area contributed by atoms with Crippen molar-refractivity contribution in [3.63, 3.8) is 0 Å². The second-order valence-electron chi connectivity index (χ2n) is 4.22. The van der Waals surface area contributed by atoms with Crippen molar-refractivity contribution in [1.29, 1.82) is 0 Å². The van der Waals surface area contributed by atoms with Crippen LogP contribution in [0.3, 0.4) is 0 Å². The van der Waals surface area contributed by atoms with Gasteiger partial charge in [-0.15, -0.1) is 0 Å². The zero-order valence-corrected chi connectivity index (χ0v) is 11.4. The lowest BCUT2D eigenvalue weighted by atomic mass is 10.3. The third kappa shape index (κ3) is 3.26. The molecule has 5 heteroatoms. The quantitative estimate of drug-likeness (QED) is 0.815. The van der Waals surface area contributed by atoms with Crippen LogP contribution in [0.1, 0.15) is 20.3 Å². The number of aromatic nitrogens is 2. The molecule has 2 rings (SSSR count). The van der Waals surface area contributed by atoms with Gasteiger partial charge in [-0.25, -0.2) is 4.98 Å². The number of thioether (sulfide) groups is 1. The molecule has 0 bridgehead atoms. The average Bonchev–Trinajstić information content (AvgIpc) is 2.79. The first-order valence-electron chi connectivity index (χ1n) is 6.06. The van der Waals surface area contributed by atoms with Gasteiger partial charge >= 0.3 is 0 Å². The van der Waals surface area contributed by atoms with Gasteiger partial charge in [0.2, 0.25) is 5.91 Å². The van der Waals surface area contributed by atoms with Crippen molar-refractivity contribution in [1.82, 2.24) is 15.3 Å². The van der Waals surface area contributed by atoms with E-state index in [4.69, 9.17) is 0 Å². The predicted octanol–water partition coefficient (Wildman–Crippen LogP) is 2.57. The lowest BCUT2D eigenvalue weighted by molar-refractivity contribution is -0.119. The third-order valence-electron chi connectivity index (χ3n) is 2.73. The van der Waals surface area contributed by atoms with E-state index in [1.165, 1.54) is 11.8 Å². The number of nitrogens with one attached hydrogen (secondary N) is 2. The largest absolute Gasteiger partial charge is 0.353 e. The minimum Gasteiger partial charge on any atom is -0.353 e. The Labute approximate surface area is 111 Å². The molecule has 1 aromatic heterocycles. The van der Waals surface area contributed by atoms with Gasteiger partial charge in [0.05, 0.1) is 16.8 Å². The van der Waals surface area contributed by atoms with Crippen molar-refractivity contribution in [2.75, 3.05) is 5.75 Å². The SMILES string of the molecule is CC[C@H](C)NC(=O)CSc1nc2ccccc2[nH]1. The lowest BCUT2D eigenvalue weighted by Crippen LogP contribution is -2.33. The third-order valence-corrected chi connectivity index (χ3v) is 3.60. The summed E-state index contributed by atoms with van der Waals surface area (Å²) in [6.07, 6.45) is 0.945. The summed E-state index contributed by atoms with van der Waals surface area (Å²) in [6.45, 7) is 4.06. The molecular formula is C13H17N3OS. The maximum Gasteiger partial charge on any atom is 0.230 e. The van der Waals surface area contributed by atoms with Crippen molar-refractivity contribution in [2.24, 2.45) is 0 Å². The number of H-pyrrole nitrogens is 1. The van der Waals surface area contributed by atoms with E-state index in [0.29, 0.717) is 5.75 Å². The van der Waals surface area contributed by atoms with E-state index in [9.17, 15) is 4.79 Å². The summed E-state index contributed by atoms with van der Waals surface area (Å²) in [4.78, 5) is 19.2. The number of fused-ring (bicyclic) bond motifs is 1. The van der Waals surface area contributed by atoms with Gasteiger partial charge in [-0.3, -0.25) is 4.79 Å². The molecule has 96 valence electrons. The minimum atomic E-state index is 0.0507. The standard InChI is InChI=1S/C13H17N3OS/c1-3-9(2)14-12(17)8-18-13-15-10-6-4-5-7-11(10)16-13/h4-7,9H,3,8H2,1-2H3,(H,14,17)(H,15,16)/t9-/m0/s1. The van der Waals surface area contributed by atoms with Crippen LogP contribution in [-0.2, 0) is 4.79 Å². The summed E-state index contributed by atoms with van der Waals surface area (Å²) in [5, 5.41) is 3.72. The predicted molar refractivity (Wildman–Crippen MR) is 74.7 cm³/mol. The molecule has 1 atom stereocenters. The highest BCUT2D eigenvalue weighted by Gasteiger charge is 2.08. The van der Waals surface area contributed by atoms with Crippen LogP contribution in [0.25, 0.3) is 11.0 Å². The molecule has 0 aliphatic carbocycles. The highest BCUT2D eigenvalue weighted by Crippen LogP contribution is 2.18. The van der Waals surface area contributed by atoms with Crippen LogP contribution in [0.5, 0.6) is 0 Å². The van der Waals surface area contributed by atoms with Crippen LogP contribution < -0.4 is 5.32 Å². The number of nitrogens with zero attached hydrogens (tertiary/aromatic N) is 1. The highest BCUT2D eigenvalue weighted by atomic mass is 32.2. The molecule has 18 heavy (non-hydrogen) atoms. The van der Waals surface area contributed by atoms with Crippen LogP contribution in [-0.4, -0.2) is 27.7 Å².